The summed E-state index contributed by atoms with van der Waals surface area (Å²) in [4.78, 5) is 19.5. The van der Waals surface area contributed by atoms with Gasteiger partial charge < -0.3 is 9.64 Å². The quantitative estimate of drug-likeness (QED) is 0.598. The minimum absolute atomic E-state index is 0.00738. The van der Waals surface area contributed by atoms with Crippen molar-refractivity contribution in [3.8, 4) is 0 Å². The summed E-state index contributed by atoms with van der Waals surface area (Å²) >= 11 is 0. The topological polar surface area (TPSA) is 42.0 Å². The summed E-state index contributed by atoms with van der Waals surface area (Å²) in [6, 6.07) is 9.68. The van der Waals surface area contributed by atoms with Crippen LogP contribution in [-0.4, -0.2) is 48.8 Å². The van der Waals surface area contributed by atoms with Gasteiger partial charge in [-0.15, -0.1) is 6.58 Å². The molecule has 0 saturated heterocycles. The highest BCUT2D eigenvalue weighted by molar-refractivity contribution is 5.68. The molecule has 1 aromatic carbocycles. The standard InChI is InChI=1S/C18H24N2O3/c1-4-10-23-19(3)17-11-15(2)12-20(13-17)18(21)22-14-16-8-6-5-7-9-16/h4-9,11,17H,1,10,12-14H2,2-3H3. The summed E-state index contributed by atoms with van der Waals surface area (Å²) in [5, 5.41) is 1.75. The van der Waals surface area contributed by atoms with Crippen molar-refractivity contribution in [2.45, 2.75) is 19.6 Å². The van der Waals surface area contributed by atoms with Crippen LogP contribution in [0.4, 0.5) is 4.79 Å². The van der Waals surface area contributed by atoms with E-state index in [0.29, 0.717) is 19.7 Å². The molecule has 0 aromatic heterocycles. The van der Waals surface area contributed by atoms with Gasteiger partial charge in [-0.25, -0.2) is 4.79 Å². The number of hydrogen-bond acceptors (Lipinski definition) is 4. The van der Waals surface area contributed by atoms with E-state index in [-0.39, 0.29) is 18.7 Å². The molecule has 1 amide bonds. The van der Waals surface area contributed by atoms with Gasteiger partial charge in [0.25, 0.3) is 0 Å². The van der Waals surface area contributed by atoms with Crippen molar-refractivity contribution in [1.29, 1.82) is 0 Å². The van der Waals surface area contributed by atoms with Crippen LogP contribution in [0.25, 0.3) is 0 Å². The number of hydrogen-bond donors (Lipinski definition) is 0. The van der Waals surface area contributed by atoms with Gasteiger partial charge in [-0.2, -0.15) is 5.06 Å². The number of rotatable bonds is 6. The Morgan fingerprint density at radius 2 is 2.17 bits per heavy atom. The molecule has 1 aromatic rings. The van der Waals surface area contributed by atoms with Crippen LogP contribution in [-0.2, 0) is 16.2 Å². The van der Waals surface area contributed by atoms with Crippen molar-refractivity contribution in [3.05, 3.63) is 60.2 Å². The number of carbonyl (C=O) groups excluding carboxylic acids is 1. The number of nitrogens with zero attached hydrogens (tertiary/aromatic N) is 2. The van der Waals surface area contributed by atoms with Crippen LogP contribution in [0.1, 0.15) is 12.5 Å². The molecule has 124 valence electrons. The van der Waals surface area contributed by atoms with Crippen molar-refractivity contribution in [3.63, 3.8) is 0 Å². The predicted octanol–water partition coefficient (Wildman–Crippen LogP) is 3.00. The third-order valence-corrected chi connectivity index (χ3v) is 3.65. The minimum Gasteiger partial charge on any atom is -0.445 e. The van der Waals surface area contributed by atoms with Crippen LogP contribution < -0.4 is 0 Å². The highest BCUT2D eigenvalue weighted by atomic mass is 16.7. The second kappa shape index (κ2) is 8.50. The van der Waals surface area contributed by atoms with Crippen LogP contribution in [0, 0.1) is 0 Å². The van der Waals surface area contributed by atoms with Crippen LogP contribution in [0.2, 0.25) is 0 Å². The van der Waals surface area contributed by atoms with E-state index in [0.717, 1.165) is 11.1 Å². The molecule has 0 radical (unpaired) electrons. The van der Waals surface area contributed by atoms with Crippen LogP contribution in [0.3, 0.4) is 0 Å². The zero-order valence-corrected chi connectivity index (χ0v) is 13.8. The van der Waals surface area contributed by atoms with Gasteiger partial charge in [-0.3, -0.25) is 4.84 Å². The molecule has 1 heterocycles. The summed E-state index contributed by atoms with van der Waals surface area (Å²) in [6.45, 7) is 7.49. The Hall–Kier alpha value is -2.11. The Kier molecular flexibility index (Phi) is 6.38. The second-order valence-electron chi connectivity index (χ2n) is 5.63. The minimum atomic E-state index is -0.302. The predicted molar refractivity (Wildman–Crippen MR) is 89.7 cm³/mol. The fourth-order valence-electron chi connectivity index (χ4n) is 2.46. The molecule has 0 bridgehead atoms. The molecule has 2 rings (SSSR count). The maximum absolute atomic E-state index is 12.3. The van der Waals surface area contributed by atoms with E-state index in [1.54, 1.807) is 16.0 Å². The van der Waals surface area contributed by atoms with Crippen LogP contribution in [0.15, 0.2) is 54.6 Å². The van der Waals surface area contributed by atoms with E-state index in [4.69, 9.17) is 9.57 Å². The van der Waals surface area contributed by atoms with Crippen LogP contribution in [0.5, 0.6) is 0 Å². The first-order chi connectivity index (χ1) is 11.1. The first-order valence-corrected chi connectivity index (χ1v) is 7.69. The van der Waals surface area contributed by atoms with Gasteiger partial charge in [-0.1, -0.05) is 48.1 Å². The Morgan fingerprint density at radius 1 is 1.43 bits per heavy atom. The van der Waals surface area contributed by atoms with Gasteiger partial charge in [0.1, 0.15) is 6.61 Å². The van der Waals surface area contributed by atoms with E-state index in [2.05, 4.69) is 12.7 Å². The Morgan fingerprint density at radius 3 is 2.87 bits per heavy atom. The SMILES string of the molecule is C=CCON(C)C1C=C(C)CN(C(=O)OCc2ccccc2)C1. The summed E-state index contributed by atoms with van der Waals surface area (Å²) < 4.78 is 5.41. The van der Waals surface area contributed by atoms with Gasteiger partial charge in [0.15, 0.2) is 0 Å². The van der Waals surface area contributed by atoms with Gasteiger partial charge in [0.2, 0.25) is 0 Å². The Labute approximate surface area is 137 Å². The number of hydroxylamine groups is 2. The highest BCUT2D eigenvalue weighted by Crippen LogP contribution is 2.15. The lowest BCUT2D eigenvalue weighted by molar-refractivity contribution is -0.150. The first-order valence-electron chi connectivity index (χ1n) is 7.69. The summed E-state index contributed by atoms with van der Waals surface area (Å²) in [5.74, 6) is 0. The summed E-state index contributed by atoms with van der Waals surface area (Å²) in [6.07, 6.45) is 3.51. The smallest absolute Gasteiger partial charge is 0.410 e. The van der Waals surface area contributed by atoms with Gasteiger partial charge >= 0.3 is 6.09 Å². The molecule has 1 aliphatic heterocycles. The maximum Gasteiger partial charge on any atom is 0.410 e. The van der Waals surface area contributed by atoms with Crippen molar-refractivity contribution in [2.24, 2.45) is 0 Å². The number of likely N-dealkylation sites (N-methyl/N-ethyl adjacent to an activating group) is 1. The molecular weight excluding hydrogens is 292 g/mol. The third kappa shape index (κ3) is 5.23. The first kappa shape index (κ1) is 17.2. The monoisotopic (exact) mass is 316 g/mol. The van der Waals surface area contributed by atoms with E-state index in [1.807, 2.05) is 44.3 Å². The lowest BCUT2D eigenvalue weighted by atomic mass is 10.1. The molecule has 5 heteroatoms. The van der Waals surface area contributed by atoms with E-state index < -0.39 is 0 Å². The fourth-order valence-corrected chi connectivity index (χ4v) is 2.46. The van der Waals surface area contributed by atoms with Gasteiger partial charge in [0.05, 0.1) is 12.6 Å². The molecule has 0 saturated carbocycles. The molecule has 0 N–H and O–H groups in total. The second-order valence-corrected chi connectivity index (χ2v) is 5.63. The maximum atomic E-state index is 12.3. The van der Waals surface area contributed by atoms with E-state index in [9.17, 15) is 4.79 Å². The summed E-state index contributed by atoms with van der Waals surface area (Å²) in [5.41, 5.74) is 2.10. The molecule has 0 spiro atoms. The lowest BCUT2D eigenvalue weighted by Gasteiger charge is -2.34. The van der Waals surface area contributed by atoms with Gasteiger partial charge in [0, 0.05) is 20.1 Å². The molecule has 0 fully saturated rings. The summed E-state index contributed by atoms with van der Waals surface area (Å²) in [7, 11) is 1.86. The molecule has 1 aliphatic rings. The molecule has 23 heavy (non-hydrogen) atoms. The van der Waals surface area contributed by atoms with Gasteiger partial charge in [-0.05, 0) is 12.5 Å². The largest absolute Gasteiger partial charge is 0.445 e. The van der Waals surface area contributed by atoms with Crippen LogP contribution >= 0.6 is 0 Å². The van der Waals surface area contributed by atoms with Crippen molar-refractivity contribution >= 4 is 6.09 Å². The molecule has 0 aliphatic carbocycles. The third-order valence-electron chi connectivity index (χ3n) is 3.65. The van der Waals surface area contributed by atoms with Crippen molar-refractivity contribution < 1.29 is 14.4 Å². The Balaban J connectivity index is 1.90. The van der Waals surface area contributed by atoms with Crippen molar-refractivity contribution in [2.75, 3.05) is 26.7 Å². The average molecular weight is 316 g/mol. The number of amides is 1. The lowest BCUT2D eigenvalue weighted by Crippen LogP contribution is -2.47. The van der Waals surface area contributed by atoms with E-state index >= 15 is 0 Å². The zero-order chi connectivity index (χ0) is 16.7. The molecular formula is C18H24N2O3. The van der Waals surface area contributed by atoms with E-state index in [1.165, 1.54) is 0 Å². The number of carbonyl (C=O) groups is 1. The molecule has 5 nitrogen and oxygen atoms in total. The Bertz CT molecular complexity index is 557. The zero-order valence-electron chi connectivity index (χ0n) is 13.8. The molecule has 1 unspecified atom stereocenters. The fraction of sp³-hybridized carbons (Fsp3) is 0.389. The number of benzene rings is 1. The number of ether oxygens (including phenoxy) is 1. The normalized spacial score (nSPS) is 17.8. The highest BCUT2D eigenvalue weighted by Gasteiger charge is 2.26. The average Bonchev–Trinajstić information content (AvgIpc) is 2.57. The molecule has 1 atom stereocenters. The van der Waals surface area contributed by atoms with Crippen molar-refractivity contribution in [1.82, 2.24) is 9.96 Å².